The van der Waals surface area contributed by atoms with Gasteiger partial charge in [-0.1, -0.05) is 48.0 Å². The van der Waals surface area contributed by atoms with Crippen LogP contribution in [-0.2, 0) is 16.8 Å². The lowest BCUT2D eigenvalue weighted by molar-refractivity contribution is -0.134. The van der Waals surface area contributed by atoms with E-state index in [-0.39, 0.29) is 11.3 Å². The Morgan fingerprint density at radius 3 is 2.55 bits per heavy atom. The van der Waals surface area contributed by atoms with E-state index in [1.807, 2.05) is 35.2 Å². The number of halogens is 1. The van der Waals surface area contributed by atoms with Crippen LogP contribution in [0.3, 0.4) is 0 Å². The summed E-state index contributed by atoms with van der Waals surface area (Å²) in [5.74, 6) is 0.197. The normalized spacial score (nSPS) is 15.3. The zero-order chi connectivity index (χ0) is 15.6. The highest BCUT2D eigenvalue weighted by atomic mass is 35.5. The topological polar surface area (TPSA) is 20.3 Å². The van der Waals surface area contributed by atoms with E-state index in [9.17, 15) is 4.79 Å². The number of thiophene rings is 1. The van der Waals surface area contributed by atoms with E-state index in [4.69, 9.17) is 11.6 Å². The molecule has 22 heavy (non-hydrogen) atoms. The minimum Gasteiger partial charge on any atom is -0.333 e. The minimum absolute atomic E-state index is 0.197. The van der Waals surface area contributed by atoms with Crippen LogP contribution in [-0.4, -0.2) is 17.4 Å². The molecule has 0 N–H and O–H groups in total. The smallest absolute Gasteiger partial charge is 0.233 e. The lowest BCUT2D eigenvalue weighted by Crippen LogP contribution is -2.38. The van der Waals surface area contributed by atoms with Crippen molar-refractivity contribution in [2.75, 3.05) is 6.54 Å². The van der Waals surface area contributed by atoms with Gasteiger partial charge in [-0.2, -0.15) is 0 Å². The Balaban J connectivity index is 1.82. The summed E-state index contributed by atoms with van der Waals surface area (Å²) in [4.78, 5) is 16.1. The number of amides is 1. The van der Waals surface area contributed by atoms with Gasteiger partial charge in [0.25, 0.3) is 0 Å². The van der Waals surface area contributed by atoms with Gasteiger partial charge in [-0.3, -0.25) is 4.79 Å². The molecule has 1 fully saturated rings. The number of hydrogen-bond donors (Lipinski definition) is 0. The first-order valence-electron chi connectivity index (χ1n) is 7.36. The fraction of sp³-hybridized carbons (Fsp3) is 0.278. The third-order valence-electron chi connectivity index (χ3n) is 4.10. The van der Waals surface area contributed by atoms with Crippen LogP contribution in [0.5, 0.6) is 0 Å². The molecule has 1 heterocycles. The second-order valence-corrected chi connectivity index (χ2v) is 7.43. The number of carbonyl (C=O) groups is 1. The van der Waals surface area contributed by atoms with Gasteiger partial charge in [0.15, 0.2) is 0 Å². The van der Waals surface area contributed by atoms with Gasteiger partial charge in [0, 0.05) is 11.4 Å². The lowest BCUT2D eigenvalue weighted by atomic mass is 9.94. The second kappa shape index (κ2) is 6.27. The highest BCUT2D eigenvalue weighted by Gasteiger charge is 2.52. The molecule has 4 heteroatoms. The van der Waals surface area contributed by atoms with Crippen LogP contribution < -0.4 is 0 Å². The number of nitrogens with zero attached hydrogens (tertiary/aromatic N) is 1. The molecule has 114 valence electrons. The van der Waals surface area contributed by atoms with Gasteiger partial charge in [-0.05, 0) is 30.5 Å². The standard InChI is InChI=1S/C18H18ClNOS/c1-2-12-20(13-15-8-9-16(19)22-15)17(21)18(10-11-18)14-6-4-3-5-7-14/h2-9H,1,10-13H2. The van der Waals surface area contributed by atoms with E-state index in [2.05, 4.69) is 18.7 Å². The van der Waals surface area contributed by atoms with Gasteiger partial charge in [-0.15, -0.1) is 17.9 Å². The number of hydrogen-bond acceptors (Lipinski definition) is 2. The minimum atomic E-state index is -0.328. The summed E-state index contributed by atoms with van der Waals surface area (Å²) >= 11 is 7.52. The maximum Gasteiger partial charge on any atom is 0.233 e. The average molecular weight is 332 g/mol. The van der Waals surface area contributed by atoms with Crippen molar-refractivity contribution in [1.82, 2.24) is 4.90 Å². The van der Waals surface area contributed by atoms with Gasteiger partial charge < -0.3 is 4.90 Å². The number of carbonyl (C=O) groups excluding carboxylic acids is 1. The highest BCUT2D eigenvalue weighted by molar-refractivity contribution is 7.16. The van der Waals surface area contributed by atoms with E-state index in [0.717, 1.165) is 27.6 Å². The summed E-state index contributed by atoms with van der Waals surface area (Å²) < 4.78 is 0.755. The molecule has 0 saturated heterocycles. The third kappa shape index (κ3) is 2.96. The summed E-state index contributed by atoms with van der Waals surface area (Å²) in [6.07, 6.45) is 3.64. The molecule has 0 bridgehead atoms. The molecular formula is C18H18ClNOS. The van der Waals surface area contributed by atoms with Crippen molar-refractivity contribution in [3.05, 3.63) is 69.9 Å². The molecule has 1 amide bonds. The molecule has 1 aliphatic carbocycles. The monoisotopic (exact) mass is 331 g/mol. The Kier molecular flexibility index (Phi) is 4.37. The van der Waals surface area contributed by atoms with E-state index >= 15 is 0 Å². The molecule has 1 aromatic heterocycles. The zero-order valence-electron chi connectivity index (χ0n) is 12.3. The van der Waals surface area contributed by atoms with Crippen LogP contribution in [0.2, 0.25) is 4.34 Å². The van der Waals surface area contributed by atoms with Crippen LogP contribution in [0.4, 0.5) is 0 Å². The predicted molar refractivity (Wildman–Crippen MR) is 92.3 cm³/mol. The first kappa shape index (κ1) is 15.3. The SMILES string of the molecule is C=CCN(Cc1ccc(Cl)s1)C(=O)C1(c2ccccc2)CC1. The van der Waals surface area contributed by atoms with Crippen LogP contribution in [0.15, 0.2) is 55.1 Å². The molecule has 1 aliphatic rings. The van der Waals surface area contributed by atoms with Crippen molar-refractivity contribution in [3.63, 3.8) is 0 Å². The fourth-order valence-electron chi connectivity index (χ4n) is 2.81. The molecule has 1 saturated carbocycles. The zero-order valence-corrected chi connectivity index (χ0v) is 13.9. The van der Waals surface area contributed by atoms with Gasteiger partial charge in [0.2, 0.25) is 5.91 Å². The van der Waals surface area contributed by atoms with Gasteiger partial charge >= 0.3 is 0 Å². The molecule has 1 aromatic carbocycles. The van der Waals surface area contributed by atoms with E-state index in [1.54, 1.807) is 6.08 Å². The van der Waals surface area contributed by atoms with Crippen molar-refractivity contribution in [3.8, 4) is 0 Å². The summed E-state index contributed by atoms with van der Waals surface area (Å²) in [6.45, 7) is 4.94. The Morgan fingerprint density at radius 2 is 2.00 bits per heavy atom. The van der Waals surface area contributed by atoms with Crippen molar-refractivity contribution >= 4 is 28.8 Å². The van der Waals surface area contributed by atoms with Crippen LogP contribution in [0, 0.1) is 0 Å². The van der Waals surface area contributed by atoms with E-state index in [1.165, 1.54) is 11.3 Å². The van der Waals surface area contributed by atoms with Crippen molar-refractivity contribution in [2.45, 2.75) is 24.8 Å². The maximum absolute atomic E-state index is 13.1. The molecule has 0 radical (unpaired) electrons. The first-order valence-corrected chi connectivity index (χ1v) is 8.55. The van der Waals surface area contributed by atoms with Gasteiger partial charge in [-0.25, -0.2) is 0 Å². The maximum atomic E-state index is 13.1. The van der Waals surface area contributed by atoms with E-state index < -0.39 is 0 Å². The van der Waals surface area contributed by atoms with Crippen molar-refractivity contribution < 1.29 is 4.79 Å². The first-order chi connectivity index (χ1) is 10.7. The molecule has 0 atom stereocenters. The van der Waals surface area contributed by atoms with Gasteiger partial charge in [0.1, 0.15) is 0 Å². The summed E-state index contributed by atoms with van der Waals surface area (Å²) in [5.41, 5.74) is 0.795. The Morgan fingerprint density at radius 1 is 1.27 bits per heavy atom. The fourth-order valence-corrected chi connectivity index (χ4v) is 3.91. The van der Waals surface area contributed by atoms with Crippen LogP contribution in [0.1, 0.15) is 23.3 Å². The van der Waals surface area contributed by atoms with Crippen molar-refractivity contribution in [2.24, 2.45) is 0 Å². The Bertz CT molecular complexity index is 675. The van der Waals surface area contributed by atoms with Crippen molar-refractivity contribution in [1.29, 1.82) is 0 Å². The summed E-state index contributed by atoms with van der Waals surface area (Å²) in [7, 11) is 0. The molecule has 0 aliphatic heterocycles. The van der Waals surface area contributed by atoms with Crippen LogP contribution in [0.25, 0.3) is 0 Å². The lowest BCUT2D eigenvalue weighted by Gasteiger charge is -2.26. The summed E-state index contributed by atoms with van der Waals surface area (Å²) in [6, 6.07) is 14.0. The van der Waals surface area contributed by atoms with Crippen LogP contribution >= 0.6 is 22.9 Å². The molecule has 0 unspecified atom stereocenters. The highest BCUT2D eigenvalue weighted by Crippen LogP contribution is 2.49. The number of rotatable bonds is 6. The molecule has 2 aromatic rings. The molecule has 3 rings (SSSR count). The molecular weight excluding hydrogens is 314 g/mol. The Labute approximate surface area is 140 Å². The van der Waals surface area contributed by atoms with Gasteiger partial charge in [0.05, 0.1) is 16.3 Å². The number of benzene rings is 1. The Hall–Kier alpha value is -1.58. The quantitative estimate of drug-likeness (QED) is 0.706. The second-order valence-electron chi connectivity index (χ2n) is 5.63. The molecule has 2 nitrogen and oxygen atoms in total. The summed E-state index contributed by atoms with van der Waals surface area (Å²) in [5, 5.41) is 0. The average Bonchev–Trinajstić information content (AvgIpc) is 3.25. The third-order valence-corrected chi connectivity index (χ3v) is 5.31. The largest absolute Gasteiger partial charge is 0.333 e. The van der Waals surface area contributed by atoms with E-state index in [0.29, 0.717) is 13.1 Å². The predicted octanol–water partition coefficient (Wildman–Crippen LogP) is 4.65. The molecule has 0 spiro atoms.